The van der Waals surface area contributed by atoms with Gasteiger partial charge in [0.1, 0.15) is 5.82 Å². The van der Waals surface area contributed by atoms with Gasteiger partial charge in [-0.05, 0) is 49.2 Å². The van der Waals surface area contributed by atoms with E-state index in [2.05, 4.69) is 0 Å². The van der Waals surface area contributed by atoms with Gasteiger partial charge in [-0.25, -0.2) is 4.39 Å². The van der Waals surface area contributed by atoms with Gasteiger partial charge in [-0.3, -0.25) is 19.7 Å². The molecule has 0 atom stereocenters. The molecule has 34 heavy (non-hydrogen) atoms. The molecule has 7 nitrogen and oxygen atoms in total. The smallest absolute Gasteiger partial charge is 0.270 e. The molecule has 0 aliphatic carbocycles. The molecule has 3 aromatic rings. The molecular weight excluding hydrogens is 437 g/mol. The minimum absolute atomic E-state index is 0.148. The third kappa shape index (κ3) is 4.66. The van der Waals surface area contributed by atoms with Gasteiger partial charge < -0.3 is 9.80 Å². The molecule has 1 fully saturated rings. The lowest BCUT2D eigenvalue weighted by atomic mass is 9.97. The Hall–Kier alpha value is -4.07. The number of rotatable bonds is 5. The number of nitro groups is 1. The lowest BCUT2D eigenvalue weighted by molar-refractivity contribution is -0.384. The number of non-ortho nitro benzene ring substituents is 1. The van der Waals surface area contributed by atoms with Crippen molar-refractivity contribution in [2.75, 3.05) is 31.1 Å². The van der Waals surface area contributed by atoms with Crippen molar-refractivity contribution in [2.24, 2.45) is 0 Å². The van der Waals surface area contributed by atoms with Gasteiger partial charge in [-0.1, -0.05) is 29.8 Å². The van der Waals surface area contributed by atoms with E-state index in [-0.39, 0.29) is 22.9 Å². The van der Waals surface area contributed by atoms with E-state index in [0.717, 1.165) is 11.1 Å². The minimum Gasteiger partial charge on any atom is -0.366 e. The number of halogens is 1. The molecule has 1 heterocycles. The summed E-state index contributed by atoms with van der Waals surface area (Å²) >= 11 is 0. The SMILES string of the molecule is CC(=O)c1ccc(N2CCN(C(=O)c3cc([N+](=O)[O-])ccc3-c3ccc(C)cc3)CC2)c(F)c1. The van der Waals surface area contributed by atoms with Gasteiger partial charge in [0.05, 0.1) is 16.2 Å². The van der Waals surface area contributed by atoms with Gasteiger partial charge >= 0.3 is 0 Å². The Kier molecular flexibility index (Phi) is 6.40. The third-order valence-corrected chi connectivity index (χ3v) is 6.07. The number of Topliss-reactive ketones (excluding diaryl/α,β-unsaturated/α-hetero) is 1. The number of carbonyl (C=O) groups excluding carboxylic acids is 2. The number of hydrogen-bond acceptors (Lipinski definition) is 5. The van der Waals surface area contributed by atoms with Gasteiger partial charge in [0.15, 0.2) is 5.78 Å². The van der Waals surface area contributed by atoms with Crippen molar-refractivity contribution in [2.45, 2.75) is 13.8 Å². The maximum Gasteiger partial charge on any atom is 0.270 e. The molecular formula is C26H24FN3O4. The first-order valence-corrected chi connectivity index (χ1v) is 10.9. The Labute approximate surface area is 196 Å². The first kappa shape index (κ1) is 23.1. The Morgan fingerprint density at radius 3 is 2.21 bits per heavy atom. The van der Waals surface area contributed by atoms with Gasteiger partial charge in [-0.2, -0.15) is 0 Å². The number of amides is 1. The second-order valence-corrected chi connectivity index (χ2v) is 8.35. The van der Waals surface area contributed by atoms with Gasteiger partial charge in [0.2, 0.25) is 0 Å². The molecule has 3 aromatic carbocycles. The number of nitro benzene ring substituents is 1. The Balaban J connectivity index is 1.57. The molecule has 4 rings (SSSR count). The van der Waals surface area contributed by atoms with Crippen LogP contribution in [0.25, 0.3) is 11.1 Å². The summed E-state index contributed by atoms with van der Waals surface area (Å²) in [7, 11) is 0. The molecule has 174 valence electrons. The molecule has 0 bridgehead atoms. The maximum atomic E-state index is 14.6. The highest BCUT2D eigenvalue weighted by molar-refractivity contribution is 6.01. The lowest BCUT2D eigenvalue weighted by Gasteiger charge is -2.36. The van der Waals surface area contributed by atoms with Crippen LogP contribution in [0, 0.1) is 22.9 Å². The van der Waals surface area contributed by atoms with Crippen molar-refractivity contribution in [1.82, 2.24) is 4.90 Å². The number of piperazine rings is 1. The number of ketones is 1. The van der Waals surface area contributed by atoms with E-state index < -0.39 is 10.7 Å². The number of benzene rings is 3. The third-order valence-electron chi connectivity index (χ3n) is 6.07. The molecule has 0 saturated carbocycles. The normalized spacial score (nSPS) is 13.6. The van der Waals surface area contributed by atoms with Gasteiger partial charge in [0.25, 0.3) is 11.6 Å². The minimum atomic E-state index is -0.513. The van der Waals surface area contributed by atoms with Crippen LogP contribution in [0.2, 0.25) is 0 Å². The Bertz CT molecular complexity index is 1270. The molecule has 0 aromatic heterocycles. The molecule has 1 saturated heterocycles. The second-order valence-electron chi connectivity index (χ2n) is 8.35. The highest BCUT2D eigenvalue weighted by Gasteiger charge is 2.27. The molecule has 1 aliphatic rings. The van der Waals surface area contributed by atoms with Crippen molar-refractivity contribution in [3.05, 3.63) is 93.3 Å². The summed E-state index contributed by atoms with van der Waals surface area (Å²) in [6, 6.07) is 16.4. The van der Waals surface area contributed by atoms with Crippen LogP contribution in [-0.4, -0.2) is 47.7 Å². The quantitative estimate of drug-likeness (QED) is 0.307. The molecule has 0 N–H and O–H groups in total. The van der Waals surface area contributed by atoms with E-state index in [4.69, 9.17) is 0 Å². The van der Waals surface area contributed by atoms with Crippen molar-refractivity contribution >= 4 is 23.1 Å². The standard InChI is InChI=1S/C26H24FN3O4/c1-17-3-5-19(6-4-17)22-9-8-21(30(33)34)16-23(22)26(32)29-13-11-28(12-14-29)25-10-7-20(18(2)31)15-24(25)27/h3-10,15-16H,11-14H2,1-2H3. The fourth-order valence-corrected chi connectivity index (χ4v) is 4.11. The zero-order valence-corrected chi connectivity index (χ0v) is 19.0. The molecule has 0 unspecified atom stereocenters. The van der Waals surface area contributed by atoms with E-state index in [1.54, 1.807) is 23.1 Å². The summed E-state index contributed by atoms with van der Waals surface area (Å²) < 4.78 is 14.6. The Morgan fingerprint density at radius 2 is 1.62 bits per heavy atom. The van der Waals surface area contributed by atoms with Crippen molar-refractivity contribution < 1.29 is 18.9 Å². The number of anilines is 1. The summed E-state index contributed by atoms with van der Waals surface area (Å²) in [4.78, 5) is 39.2. The zero-order chi connectivity index (χ0) is 24.4. The van der Waals surface area contributed by atoms with Crippen LogP contribution >= 0.6 is 0 Å². The number of aryl methyl sites for hydroxylation is 1. The molecule has 0 spiro atoms. The predicted octanol–water partition coefficient (Wildman–Crippen LogP) is 4.87. The number of nitrogens with zero attached hydrogens (tertiary/aromatic N) is 3. The molecule has 1 amide bonds. The predicted molar refractivity (Wildman–Crippen MR) is 128 cm³/mol. The van der Waals surface area contributed by atoms with Crippen LogP contribution < -0.4 is 4.90 Å². The number of carbonyl (C=O) groups is 2. The fourth-order valence-electron chi connectivity index (χ4n) is 4.11. The Morgan fingerprint density at radius 1 is 0.941 bits per heavy atom. The number of hydrogen-bond donors (Lipinski definition) is 0. The average Bonchev–Trinajstić information content (AvgIpc) is 2.83. The fraction of sp³-hybridized carbons (Fsp3) is 0.231. The van der Waals surface area contributed by atoms with Crippen molar-refractivity contribution in [3.63, 3.8) is 0 Å². The van der Waals surface area contributed by atoms with Crippen LogP contribution in [0.5, 0.6) is 0 Å². The summed E-state index contributed by atoms with van der Waals surface area (Å²) in [5.41, 5.74) is 3.31. The summed E-state index contributed by atoms with van der Waals surface area (Å²) in [6.07, 6.45) is 0. The van der Waals surface area contributed by atoms with Crippen molar-refractivity contribution in [1.29, 1.82) is 0 Å². The highest BCUT2D eigenvalue weighted by atomic mass is 19.1. The zero-order valence-electron chi connectivity index (χ0n) is 19.0. The lowest BCUT2D eigenvalue weighted by Crippen LogP contribution is -2.49. The largest absolute Gasteiger partial charge is 0.366 e. The first-order chi connectivity index (χ1) is 16.2. The maximum absolute atomic E-state index is 14.6. The van der Waals surface area contributed by atoms with Crippen LogP contribution in [0.4, 0.5) is 15.8 Å². The summed E-state index contributed by atoms with van der Waals surface area (Å²) in [6.45, 7) is 4.82. The molecule has 8 heteroatoms. The van der Waals surface area contributed by atoms with Crippen LogP contribution in [-0.2, 0) is 0 Å². The highest BCUT2D eigenvalue weighted by Crippen LogP contribution is 2.30. The molecule has 0 radical (unpaired) electrons. The van der Waals surface area contributed by atoms with Crippen molar-refractivity contribution in [3.8, 4) is 11.1 Å². The van der Waals surface area contributed by atoms with Crippen LogP contribution in [0.15, 0.2) is 60.7 Å². The summed E-state index contributed by atoms with van der Waals surface area (Å²) in [5.74, 6) is -0.985. The van der Waals surface area contributed by atoms with E-state index in [1.165, 1.54) is 25.1 Å². The van der Waals surface area contributed by atoms with E-state index >= 15 is 0 Å². The van der Waals surface area contributed by atoms with Crippen LogP contribution in [0.1, 0.15) is 33.2 Å². The summed E-state index contributed by atoms with van der Waals surface area (Å²) in [5, 5.41) is 11.4. The topological polar surface area (TPSA) is 83.8 Å². The second kappa shape index (κ2) is 9.43. The van der Waals surface area contributed by atoms with Gasteiger partial charge in [-0.15, -0.1) is 0 Å². The van der Waals surface area contributed by atoms with E-state index in [1.807, 2.05) is 36.1 Å². The molecule has 1 aliphatic heterocycles. The monoisotopic (exact) mass is 461 g/mol. The van der Waals surface area contributed by atoms with E-state index in [9.17, 15) is 24.1 Å². The first-order valence-electron chi connectivity index (χ1n) is 10.9. The average molecular weight is 461 g/mol. The van der Waals surface area contributed by atoms with Gasteiger partial charge in [0, 0.05) is 43.9 Å². The van der Waals surface area contributed by atoms with Crippen LogP contribution in [0.3, 0.4) is 0 Å². The van der Waals surface area contributed by atoms with E-state index in [0.29, 0.717) is 43.0 Å².